The first-order valence-electron chi connectivity index (χ1n) is 12.7. The van der Waals surface area contributed by atoms with Gasteiger partial charge < -0.3 is 29.2 Å². The van der Waals surface area contributed by atoms with Crippen LogP contribution in [0.15, 0.2) is 118 Å². The van der Waals surface area contributed by atoms with Crippen LogP contribution in [0.4, 0.5) is 22.7 Å². The van der Waals surface area contributed by atoms with E-state index in [1.54, 1.807) is 48.5 Å². The van der Waals surface area contributed by atoms with E-state index in [0.717, 1.165) is 0 Å². The summed E-state index contributed by atoms with van der Waals surface area (Å²) in [5.74, 6) is 1.81. The van der Waals surface area contributed by atoms with Gasteiger partial charge in [-0.2, -0.15) is 20.5 Å². The first kappa shape index (κ1) is 28.2. The van der Waals surface area contributed by atoms with Crippen LogP contribution in [-0.2, 0) is 9.47 Å². The second-order valence-corrected chi connectivity index (χ2v) is 8.34. The first-order chi connectivity index (χ1) is 19.6. The highest BCUT2D eigenvalue weighted by molar-refractivity contribution is 5.45. The fourth-order valence-corrected chi connectivity index (χ4v) is 3.25. The molecule has 4 aromatic rings. The Morgan fingerprint density at radius 2 is 0.650 bits per heavy atom. The van der Waals surface area contributed by atoms with Gasteiger partial charge >= 0.3 is 0 Å². The van der Waals surface area contributed by atoms with Crippen molar-refractivity contribution in [2.24, 2.45) is 20.5 Å². The predicted molar refractivity (Wildman–Crippen MR) is 150 cm³/mol. The summed E-state index contributed by atoms with van der Waals surface area (Å²) in [6.45, 7) is 2.64. The van der Waals surface area contributed by atoms with E-state index in [1.807, 2.05) is 48.5 Å². The SMILES string of the molecule is Oc1ccc(N=Nc2ccc(OCCOCCOCCOc3ccc(N=Nc4ccc(O)cc4)cc3)cc2)cc1. The Kier molecular flexibility index (Phi) is 11.0. The molecule has 0 unspecified atom stereocenters. The molecule has 0 fully saturated rings. The van der Waals surface area contributed by atoms with Crippen LogP contribution in [-0.4, -0.2) is 49.9 Å². The van der Waals surface area contributed by atoms with Crippen molar-refractivity contribution < 1.29 is 29.2 Å². The van der Waals surface area contributed by atoms with Crippen molar-refractivity contribution in [3.8, 4) is 23.0 Å². The minimum Gasteiger partial charge on any atom is -0.508 e. The number of phenolic OH excluding ortho intramolecular Hbond substituents is 2. The van der Waals surface area contributed by atoms with Crippen molar-refractivity contribution in [2.75, 3.05) is 39.6 Å². The molecule has 0 saturated carbocycles. The first-order valence-corrected chi connectivity index (χ1v) is 12.7. The van der Waals surface area contributed by atoms with Gasteiger partial charge in [0.2, 0.25) is 0 Å². The highest BCUT2D eigenvalue weighted by Gasteiger charge is 1.99. The molecule has 0 saturated heterocycles. The molecule has 0 radical (unpaired) electrons. The van der Waals surface area contributed by atoms with Crippen LogP contribution in [0, 0.1) is 0 Å². The molecule has 0 atom stereocenters. The monoisotopic (exact) mass is 542 g/mol. The maximum atomic E-state index is 9.30. The van der Waals surface area contributed by atoms with E-state index >= 15 is 0 Å². The molecule has 0 spiro atoms. The molecular formula is C30H30N4O6. The quantitative estimate of drug-likeness (QED) is 0.119. The summed E-state index contributed by atoms with van der Waals surface area (Å²) in [6.07, 6.45) is 0. The van der Waals surface area contributed by atoms with Crippen molar-refractivity contribution in [1.82, 2.24) is 0 Å². The Labute approximate surface area is 232 Å². The third-order valence-corrected chi connectivity index (χ3v) is 5.30. The zero-order valence-corrected chi connectivity index (χ0v) is 21.8. The number of rotatable bonds is 15. The zero-order valence-electron chi connectivity index (χ0n) is 21.8. The lowest BCUT2D eigenvalue weighted by Crippen LogP contribution is -2.13. The van der Waals surface area contributed by atoms with Crippen molar-refractivity contribution in [3.05, 3.63) is 97.1 Å². The smallest absolute Gasteiger partial charge is 0.119 e. The number of nitrogens with zero attached hydrogens (tertiary/aromatic N) is 4. The Morgan fingerprint density at radius 3 is 0.975 bits per heavy atom. The summed E-state index contributed by atoms with van der Waals surface area (Å²) in [7, 11) is 0. The van der Waals surface area contributed by atoms with Gasteiger partial charge in [0.05, 0.1) is 49.2 Å². The van der Waals surface area contributed by atoms with Gasteiger partial charge in [-0.1, -0.05) is 0 Å². The summed E-state index contributed by atoms with van der Waals surface area (Å²) in [5.41, 5.74) is 2.71. The Hall–Kier alpha value is -4.80. The lowest BCUT2D eigenvalue weighted by Gasteiger charge is -2.09. The van der Waals surface area contributed by atoms with Crippen LogP contribution in [0.3, 0.4) is 0 Å². The van der Waals surface area contributed by atoms with Crippen LogP contribution in [0.1, 0.15) is 0 Å². The van der Waals surface area contributed by atoms with Crippen LogP contribution < -0.4 is 9.47 Å². The van der Waals surface area contributed by atoms with Gasteiger partial charge in [0.1, 0.15) is 36.2 Å². The Morgan fingerprint density at radius 1 is 0.375 bits per heavy atom. The molecule has 40 heavy (non-hydrogen) atoms. The lowest BCUT2D eigenvalue weighted by atomic mass is 10.3. The summed E-state index contributed by atoms with van der Waals surface area (Å²) >= 11 is 0. The van der Waals surface area contributed by atoms with Crippen LogP contribution >= 0.6 is 0 Å². The third-order valence-electron chi connectivity index (χ3n) is 5.30. The molecule has 10 heteroatoms. The van der Waals surface area contributed by atoms with E-state index in [2.05, 4.69) is 20.5 Å². The van der Waals surface area contributed by atoms with Crippen LogP contribution in [0.25, 0.3) is 0 Å². The van der Waals surface area contributed by atoms with E-state index in [-0.39, 0.29) is 11.5 Å². The van der Waals surface area contributed by atoms with E-state index in [4.69, 9.17) is 18.9 Å². The topological polar surface area (TPSA) is 127 Å². The van der Waals surface area contributed by atoms with Gasteiger partial charge in [-0.25, -0.2) is 0 Å². The second kappa shape index (κ2) is 15.6. The van der Waals surface area contributed by atoms with E-state index < -0.39 is 0 Å². The van der Waals surface area contributed by atoms with Gasteiger partial charge in [-0.15, -0.1) is 0 Å². The van der Waals surface area contributed by atoms with Crippen molar-refractivity contribution in [3.63, 3.8) is 0 Å². The molecule has 0 aromatic heterocycles. The fraction of sp³-hybridized carbons (Fsp3) is 0.200. The molecule has 0 aliphatic rings. The minimum atomic E-state index is 0.190. The van der Waals surface area contributed by atoms with Gasteiger partial charge in [-0.05, 0) is 97.1 Å². The maximum absolute atomic E-state index is 9.30. The molecular weight excluding hydrogens is 512 g/mol. The zero-order chi connectivity index (χ0) is 27.8. The molecule has 0 aliphatic heterocycles. The largest absolute Gasteiger partial charge is 0.508 e. The summed E-state index contributed by atoms with van der Waals surface area (Å²) in [4.78, 5) is 0. The van der Waals surface area contributed by atoms with Crippen LogP contribution in [0.2, 0.25) is 0 Å². The van der Waals surface area contributed by atoms with Crippen molar-refractivity contribution >= 4 is 22.7 Å². The molecule has 10 nitrogen and oxygen atoms in total. The number of hydrogen-bond donors (Lipinski definition) is 2. The molecule has 206 valence electrons. The summed E-state index contributed by atoms with van der Waals surface area (Å²) < 4.78 is 22.4. The van der Waals surface area contributed by atoms with E-state index in [0.29, 0.717) is 73.9 Å². The number of aromatic hydroxyl groups is 2. The average Bonchev–Trinajstić information content (AvgIpc) is 2.99. The van der Waals surface area contributed by atoms with Crippen molar-refractivity contribution in [2.45, 2.75) is 0 Å². The van der Waals surface area contributed by atoms with Crippen LogP contribution in [0.5, 0.6) is 23.0 Å². The maximum Gasteiger partial charge on any atom is 0.119 e. The number of benzene rings is 4. The van der Waals surface area contributed by atoms with Gasteiger partial charge in [0.15, 0.2) is 0 Å². The Bertz CT molecular complexity index is 1240. The molecule has 4 rings (SSSR count). The molecule has 0 aliphatic carbocycles. The lowest BCUT2D eigenvalue weighted by molar-refractivity contribution is 0.0273. The van der Waals surface area contributed by atoms with Gasteiger partial charge in [0, 0.05) is 0 Å². The number of phenols is 2. The number of ether oxygens (including phenoxy) is 4. The minimum absolute atomic E-state index is 0.190. The molecule has 4 aromatic carbocycles. The third kappa shape index (κ3) is 10.2. The summed E-state index contributed by atoms with van der Waals surface area (Å²) in [5, 5.41) is 35.2. The highest BCUT2D eigenvalue weighted by Crippen LogP contribution is 2.24. The number of azo groups is 2. The molecule has 2 N–H and O–H groups in total. The summed E-state index contributed by atoms with van der Waals surface area (Å²) in [6, 6.07) is 27.6. The Balaban J connectivity index is 1.01. The van der Waals surface area contributed by atoms with E-state index in [9.17, 15) is 10.2 Å². The van der Waals surface area contributed by atoms with E-state index in [1.165, 1.54) is 0 Å². The fourth-order valence-electron chi connectivity index (χ4n) is 3.25. The molecule has 0 amide bonds. The van der Waals surface area contributed by atoms with Gasteiger partial charge in [-0.3, -0.25) is 0 Å². The van der Waals surface area contributed by atoms with Gasteiger partial charge in [0.25, 0.3) is 0 Å². The van der Waals surface area contributed by atoms with Crippen molar-refractivity contribution in [1.29, 1.82) is 0 Å². The standard InChI is InChI=1S/C30H30N4O6/c35-27-9-1-23(2-10-27)31-33-25-5-13-29(14-6-25)39-21-19-37-17-18-38-20-22-40-30-15-7-26(8-16-30)34-32-24-3-11-28(36)12-4-24/h1-16,35-36H,17-22H2. The molecule has 0 bridgehead atoms. The second-order valence-electron chi connectivity index (χ2n) is 8.34. The molecule has 0 heterocycles. The normalized spacial score (nSPS) is 11.3. The predicted octanol–water partition coefficient (Wildman–Crippen LogP) is 7.42. The average molecular weight is 543 g/mol. The highest BCUT2D eigenvalue weighted by atomic mass is 16.6. The number of hydrogen-bond acceptors (Lipinski definition) is 10.